The van der Waals surface area contributed by atoms with Crippen LogP contribution in [-0.4, -0.2) is 25.7 Å². The van der Waals surface area contributed by atoms with E-state index in [0.717, 1.165) is 13.1 Å². The summed E-state index contributed by atoms with van der Waals surface area (Å²) in [7, 11) is 0. The highest BCUT2D eigenvalue weighted by Crippen LogP contribution is 2.23. The highest BCUT2D eigenvalue weighted by Gasteiger charge is 2.15. The van der Waals surface area contributed by atoms with E-state index < -0.39 is 0 Å². The minimum atomic E-state index is -0.235. The second-order valence-corrected chi connectivity index (χ2v) is 4.39. The van der Waals surface area contributed by atoms with Crippen LogP contribution in [0.1, 0.15) is 41.6 Å². The molecule has 0 spiro atoms. The van der Waals surface area contributed by atoms with Gasteiger partial charge in [0.2, 0.25) is 0 Å². The van der Waals surface area contributed by atoms with Crippen molar-refractivity contribution >= 4 is 5.97 Å². The van der Waals surface area contributed by atoms with Crippen LogP contribution in [0.2, 0.25) is 0 Å². The summed E-state index contributed by atoms with van der Waals surface area (Å²) in [5.41, 5.74) is 1.95. The van der Waals surface area contributed by atoms with Crippen LogP contribution in [0, 0.1) is 0 Å². The lowest BCUT2D eigenvalue weighted by atomic mass is 9.91. The van der Waals surface area contributed by atoms with E-state index in [1.54, 1.807) is 0 Å². The van der Waals surface area contributed by atoms with Crippen molar-refractivity contribution in [3.05, 3.63) is 35.4 Å². The first kappa shape index (κ1) is 12.1. The number of benzene rings is 1. The number of hydrogen-bond acceptors (Lipinski definition) is 3. The van der Waals surface area contributed by atoms with Gasteiger partial charge in [0.25, 0.3) is 0 Å². The Labute approximate surface area is 102 Å². The first-order valence-corrected chi connectivity index (χ1v) is 6.29. The van der Waals surface area contributed by atoms with Crippen LogP contribution in [0.3, 0.4) is 0 Å². The van der Waals surface area contributed by atoms with E-state index in [9.17, 15) is 4.79 Å². The maximum absolute atomic E-state index is 11.5. The van der Waals surface area contributed by atoms with E-state index in [2.05, 4.69) is 5.32 Å². The highest BCUT2D eigenvalue weighted by molar-refractivity contribution is 5.89. The van der Waals surface area contributed by atoms with E-state index in [-0.39, 0.29) is 5.97 Å². The SMILES string of the molecule is CCOC(=O)c1ccc(C2CCCNC2)cc1. The van der Waals surface area contributed by atoms with Crippen LogP contribution < -0.4 is 5.32 Å². The molecule has 0 aliphatic carbocycles. The molecule has 17 heavy (non-hydrogen) atoms. The molecule has 92 valence electrons. The Morgan fingerprint density at radius 1 is 1.41 bits per heavy atom. The summed E-state index contributed by atoms with van der Waals surface area (Å²) < 4.78 is 4.96. The van der Waals surface area contributed by atoms with Gasteiger partial charge in [-0.15, -0.1) is 0 Å². The number of ether oxygens (including phenoxy) is 1. The molecular weight excluding hydrogens is 214 g/mol. The van der Waals surface area contributed by atoms with Gasteiger partial charge in [0.05, 0.1) is 12.2 Å². The zero-order chi connectivity index (χ0) is 12.1. The van der Waals surface area contributed by atoms with E-state index >= 15 is 0 Å². The second-order valence-electron chi connectivity index (χ2n) is 4.39. The van der Waals surface area contributed by atoms with Gasteiger partial charge < -0.3 is 10.1 Å². The van der Waals surface area contributed by atoms with E-state index in [1.165, 1.54) is 18.4 Å². The third-order valence-electron chi connectivity index (χ3n) is 3.19. The Kier molecular flexibility index (Phi) is 4.15. The van der Waals surface area contributed by atoms with Gasteiger partial charge in [0.1, 0.15) is 0 Å². The zero-order valence-corrected chi connectivity index (χ0v) is 10.2. The molecule has 0 amide bonds. The first-order valence-electron chi connectivity index (χ1n) is 6.29. The molecule has 3 heteroatoms. The number of carbonyl (C=O) groups is 1. The van der Waals surface area contributed by atoms with Crippen LogP contribution >= 0.6 is 0 Å². The van der Waals surface area contributed by atoms with E-state index in [0.29, 0.717) is 18.1 Å². The summed E-state index contributed by atoms with van der Waals surface area (Å²) >= 11 is 0. The summed E-state index contributed by atoms with van der Waals surface area (Å²) in [5.74, 6) is 0.348. The quantitative estimate of drug-likeness (QED) is 0.814. The minimum absolute atomic E-state index is 0.235. The van der Waals surface area contributed by atoms with E-state index in [1.807, 2.05) is 31.2 Å². The van der Waals surface area contributed by atoms with Crippen LogP contribution in [0.4, 0.5) is 0 Å². The van der Waals surface area contributed by atoms with Crippen molar-refractivity contribution in [3.8, 4) is 0 Å². The van der Waals surface area contributed by atoms with Gasteiger partial charge in [-0.25, -0.2) is 4.79 Å². The molecule has 0 saturated carbocycles. The molecule has 1 saturated heterocycles. The summed E-state index contributed by atoms with van der Waals surface area (Å²) in [6.07, 6.45) is 2.45. The fourth-order valence-corrected chi connectivity index (χ4v) is 2.24. The predicted molar refractivity (Wildman–Crippen MR) is 67.2 cm³/mol. The topological polar surface area (TPSA) is 38.3 Å². The smallest absolute Gasteiger partial charge is 0.338 e. The number of rotatable bonds is 3. The van der Waals surface area contributed by atoms with Gasteiger partial charge in [-0.2, -0.15) is 0 Å². The average molecular weight is 233 g/mol. The Morgan fingerprint density at radius 3 is 2.76 bits per heavy atom. The lowest BCUT2D eigenvalue weighted by Crippen LogP contribution is -2.28. The Bertz CT molecular complexity index is 366. The molecule has 1 atom stereocenters. The maximum atomic E-state index is 11.5. The van der Waals surface area contributed by atoms with Gasteiger partial charge in [-0.1, -0.05) is 12.1 Å². The number of nitrogens with one attached hydrogen (secondary N) is 1. The predicted octanol–water partition coefficient (Wildman–Crippen LogP) is 2.33. The number of piperidine rings is 1. The molecule has 3 nitrogen and oxygen atoms in total. The zero-order valence-electron chi connectivity index (χ0n) is 10.2. The van der Waals surface area contributed by atoms with Gasteiger partial charge in [0.15, 0.2) is 0 Å². The summed E-state index contributed by atoms with van der Waals surface area (Å²) in [6, 6.07) is 7.82. The fraction of sp³-hybridized carbons (Fsp3) is 0.500. The first-order chi connectivity index (χ1) is 8.31. The molecule has 1 aliphatic rings. The number of carbonyl (C=O) groups excluding carboxylic acids is 1. The third kappa shape index (κ3) is 3.07. The Balaban J connectivity index is 2.04. The number of esters is 1. The molecule has 1 aromatic rings. The van der Waals surface area contributed by atoms with Crippen molar-refractivity contribution in [2.24, 2.45) is 0 Å². The summed E-state index contributed by atoms with van der Waals surface area (Å²) in [6.45, 7) is 4.41. The van der Waals surface area contributed by atoms with Crippen molar-refractivity contribution in [2.75, 3.05) is 19.7 Å². The van der Waals surface area contributed by atoms with Gasteiger partial charge in [-0.05, 0) is 49.9 Å². The Hall–Kier alpha value is -1.35. The van der Waals surface area contributed by atoms with Crippen molar-refractivity contribution in [1.29, 1.82) is 0 Å². The van der Waals surface area contributed by atoms with Gasteiger partial charge >= 0.3 is 5.97 Å². The average Bonchev–Trinajstić information content (AvgIpc) is 2.40. The summed E-state index contributed by atoms with van der Waals surface area (Å²) in [5, 5.41) is 3.40. The molecule has 1 aromatic carbocycles. The lowest BCUT2D eigenvalue weighted by molar-refractivity contribution is 0.0526. The second kappa shape index (κ2) is 5.82. The van der Waals surface area contributed by atoms with Crippen molar-refractivity contribution in [2.45, 2.75) is 25.7 Å². The molecule has 0 bridgehead atoms. The standard InChI is InChI=1S/C14H19NO2/c1-2-17-14(16)12-7-5-11(6-8-12)13-4-3-9-15-10-13/h5-8,13,15H,2-4,9-10H2,1H3. The number of hydrogen-bond donors (Lipinski definition) is 1. The fourth-order valence-electron chi connectivity index (χ4n) is 2.24. The van der Waals surface area contributed by atoms with Gasteiger partial charge in [0, 0.05) is 6.54 Å². The van der Waals surface area contributed by atoms with Crippen molar-refractivity contribution in [3.63, 3.8) is 0 Å². The maximum Gasteiger partial charge on any atom is 0.338 e. The Morgan fingerprint density at radius 2 is 2.18 bits per heavy atom. The third-order valence-corrected chi connectivity index (χ3v) is 3.19. The molecule has 1 aliphatic heterocycles. The molecule has 1 fully saturated rings. The van der Waals surface area contributed by atoms with E-state index in [4.69, 9.17) is 4.74 Å². The molecular formula is C14H19NO2. The minimum Gasteiger partial charge on any atom is -0.462 e. The summed E-state index contributed by atoms with van der Waals surface area (Å²) in [4.78, 5) is 11.5. The van der Waals surface area contributed by atoms with Crippen molar-refractivity contribution < 1.29 is 9.53 Å². The van der Waals surface area contributed by atoms with Crippen molar-refractivity contribution in [1.82, 2.24) is 5.32 Å². The molecule has 1 unspecified atom stereocenters. The van der Waals surface area contributed by atoms with Crippen LogP contribution in [0.25, 0.3) is 0 Å². The molecule has 2 rings (SSSR count). The molecule has 1 heterocycles. The van der Waals surface area contributed by atoms with Crippen LogP contribution in [-0.2, 0) is 4.74 Å². The monoisotopic (exact) mass is 233 g/mol. The molecule has 1 N–H and O–H groups in total. The largest absolute Gasteiger partial charge is 0.462 e. The van der Waals surface area contributed by atoms with Crippen LogP contribution in [0.15, 0.2) is 24.3 Å². The molecule has 0 radical (unpaired) electrons. The molecule has 0 aromatic heterocycles. The van der Waals surface area contributed by atoms with Gasteiger partial charge in [-0.3, -0.25) is 0 Å². The normalized spacial score (nSPS) is 19.9. The highest BCUT2D eigenvalue weighted by atomic mass is 16.5. The lowest BCUT2D eigenvalue weighted by Gasteiger charge is -2.23. The van der Waals surface area contributed by atoms with Crippen LogP contribution in [0.5, 0.6) is 0 Å².